The minimum absolute atomic E-state index is 0.0314. The molecule has 2 aliphatic rings. The van der Waals surface area contributed by atoms with Gasteiger partial charge in [0.2, 0.25) is 5.91 Å². The van der Waals surface area contributed by atoms with Crippen molar-refractivity contribution in [1.82, 2.24) is 20.9 Å². The van der Waals surface area contributed by atoms with Crippen molar-refractivity contribution in [3.8, 4) is 0 Å². The Labute approximate surface area is 121 Å². The molecule has 0 aromatic heterocycles. The van der Waals surface area contributed by atoms with Crippen molar-refractivity contribution in [2.24, 2.45) is 4.99 Å². The monoisotopic (exact) mass is 281 g/mol. The van der Waals surface area contributed by atoms with E-state index in [1.54, 1.807) is 0 Å². The maximum atomic E-state index is 11.7. The number of hydrogen-bond donors (Lipinski definition) is 3. The summed E-state index contributed by atoms with van der Waals surface area (Å²) in [6.07, 6.45) is 5.28. The number of carbonyl (C=O) groups excluding carboxylic acids is 1. The van der Waals surface area contributed by atoms with Crippen LogP contribution in [-0.4, -0.2) is 62.1 Å². The largest absolute Gasteiger partial charge is 0.353 e. The van der Waals surface area contributed by atoms with Gasteiger partial charge in [-0.2, -0.15) is 0 Å². The molecule has 1 saturated heterocycles. The van der Waals surface area contributed by atoms with E-state index in [9.17, 15) is 4.79 Å². The highest BCUT2D eigenvalue weighted by Crippen LogP contribution is 2.08. The maximum absolute atomic E-state index is 11.7. The standard InChI is InChI=1S/C14H27N5O/c1-12-10-16-14(18-12)17-11-13(20)15-6-9-19-7-4-2-3-5-8-19/h12H,2-11H2,1H3,(H,15,20)(H2,16,17,18). The number of rotatable bonds is 5. The van der Waals surface area contributed by atoms with Crippen LogP contribution in [0.15, 0.2) is 4.99 Å². The van der Waals surface area contributed by atoms with E-state index in [1.807, 2.05) is 0 Å². The van der Waals surface area contributed by atoms with E-state index in [4.69, 9.17) is 0 Å². The van der Waals surface area contributed by atoms with Crippen LogP contribution in [0.1, 0.15) is 32.6 Å². The van der Waals surface area contributed by atoms with Gasteiger partial charge in [0.1, 0.15) is 0 Å². The zero-order valence-electron chi connectivity index (χ0n) is 12.5. The minimum atomic E-state index is 0.0314. The predicted octanol–water partition coefficient (Wildman–Crippen LogP) is -0.0841. The molecule has 1 amide bonds. The summed E-state index contributed by atoms with van der Waals surface area (Å²) < 4.78 is 0. The van der Waals surface area contributed by atoms with Crippen molar-refractivity contribution < 1.29 is 4.79 Å². The van der Waals surface area contributed by atoms with E-state index in [-0.39, 0.29) is 5.91 Å². The van der Waals surface area contributed by atoms with E-state index in [2.05, 4.69) is 32.8 Å². The van der Waals surface area contributed by atoms with Gasteiger partial charge in [0, 0.05) is 19.1 Å². The third-order valence-electron chi connectivity index (χ3n) is 3.77. The summed E-state index contributed by atoms with van der Waals surface area (Å²) in [4.78, 5) is 18.4. The Morgan fingerprint density at radius 2 is 2.10 bits per heavy atom. The number of nitrogens with one attached hydrogen (secondary N) is 3. The fourth-order valence-electron chi connectivity index (χ4n) is 2.60. The molecule has 0 saturated carbocycles. The van der Waals surface area contributed by atoms with Gasteiger partial charge in [-0.15, -0.1) is 0 Å². The normalized spacial score (nSPS) is 23.6. The van der Waals surface area contributed by atoms with E-state index in [1.165, 1.54) is 38.8 Å². The molecule has 1 atom stereocenters. The first-order valence-electron chi connectivity index (χ1n) is 7.78. The lowest BCUT2D eigenvalue weighted by molar-refractivity contribution is -0.120. The van der Waals surface area contributed by atoms with E-state index < -0.39 is 0 Å². The molecule has 0 bridgehead atoms. The number of aliphatic imine (C=N–C) groups is 1. The summed E-state index contributed by atoms with van der Waals surface area (Å²) in [5, 5.41) is 9.16. The van der Waals surface area contributed by atoms with Crippen LogP contribution >= 0.6 is 0 Å². The van der Waals surface area contributed by atoms with Crippen molar-refractivity contribution in [3.05, 3.63) is 0 Å². The highest BCUT2D eigenvalue weighted by molar-refractivity contribution is 5.87. The SMILES string of the molecule is CC1CN=C(NCC(=O)NCCN2CCCCCC2)N1. The molecule has 0 spiro atoms. The average molecular weight is 281 g/mol. The fourth-order valence-corrected chi connectivity index (χ4v) is 2.60. The van der Waals surface area contributed by atoms with Gasteiger partial charge in [-0.1, -0.05) is 12.8 Å². The molecular formula is C14H27N5O. The molecule has 0 radical (unpaired) electrons. The summed E-state index contributed by atoms with van der Waals surface area (Å²) in [5.74, 6) is 0.768. The molecule has 0 aromatic rings. The first-order valence-corrected chi connectivity index (χ1v) is 7.78. The van der Waals surface area contributed by atoms with E-state index in [0.717, 1.165) is 25.6 Å². The quantitative estimate of drug-likeness (QED) is 0.659. The van der Waals surface area contributed by atoms with Crippen molar-refractivity contribution >= 4 is 11.9 Å². The van der Waals surface area contributed by atoms with Crippen molar-refractivity contribution in [1.29, 1.82) is 0 Å². The van der Waals surface area contributed by atoms with Gasteiger partial charge in [-0.05, 0) is 32.9 Å². The highest BCUT2D eigenvalue weighted by atomic mass is 16.1. The Bertz CT molecular complexity index is 336. The lowest BCUT2D eigenvalue weighted by Crippen LogP contribution is -2.44. The van der Waals surface area contributed by atoms with Gasteiger partial charge >= 0.3 is 0 Å². The van der Waals surface area contributed by atoms with Gasteiger partial charge < -0.3 is 20.9 Å². The van der Waals surface area contributed by atoms with Crippen molar-refractivity contribution in [2.45, 2.75) is 38.6 Å². The van der Waals surface area contributed by atoms with Crippen LogP contribution in [0.4, 0.5) is 0 Å². The molecule has 2 heterocycles. The molecule has 6 nitrogen and oxygen atoms in total. The van der Waals surface area contributed by atoms with Crippen LogP contribution in [0.5, 0.6) is 0 Å². The number of nitrogens with zero attached hydrogens (tertiary/aromatic N) is 2. The molecule has 1 unspecified atom stereocenters. The summed E-state index contributed by atoms with van der Waals surface area (Å²) in [6.45, 7) is 7.18. The summed E-state index contributed by atoms with van der Waals surface area (Å²) >= 11 is 0. The van der Waals surface area contributed by atoms with Crippen LogP contribution in [0.3, 0.4) is 0 Å². The Hall–Kier alpha value is -1.30. The molecule has 1 fully saturated rings. The van der Waals surface area contributed by atoms with E-state index >= 15 is 0 Å². The first kappa shape index (κ1) is 15.1. The summed E-state index contributed by atoms with van der Waals surface area (Å²) in [5.41, 5.74) is 0. The first-order chi connectivity index (χ1) is 9.74. The van der Waals surface area contributed by atoms with Crippen LogP contribution in [0.2, 0.25) is 0 Å². The molecule has 0 aromatic carbocycles. The third-order valence-corrected chi connectivity index (χ3v) is 3.77. The van der Waals surface area contributed by atoms with E-state index in [0.29, 0.717) is 12.6 Å². The number of likely N-dealkylation sites (tertiary alicyclic amines) is 1. The van der Waals surface area contributed by atoms with Crippen LogP contribution < -0.4 is 16.0 Å². The Kier molecular flexibility index (Phi) is 6.11. The number of amides is 1. The topological polar surface area (TPSA) is 68.8 Å². The predicted molar refractivity (Wildman–Crippen MR) is 80.8 cm³/mol. The number of hydrogen-bond acceptors (Lipinski definition) is 5. The lowest BCUT2D eigenvalue weighted by Gasteiger charge is -2.19. The molecule has 3 N–H and O–H groups in total. The molecule has 114 valence electrons. The summed E-state index contributed by atoms with van der Waals surface area (Å²) in [6, 6.07) is 0.364. The molecule has 6 heteroatoms. The number of guanidine groups is 1. The Balaban J connectivity index is 1.53. The molecule has 2 rings (SSSR count). The third kappa shape index (κ3) is 5.36. The van der Waals surface area contributed by atoms with Gasteiger partial charge in [-0.3, -0.25) is 9.79 Å². The molecule has 0 aliphatic carbocycles. The van der Waals surface area contributed by atoms with Gasteiger partial charge in [0.15, 0.2) is 5.96 Å². The maximum Gasteiger partial charge on any atom is 0.239 e. The Morgan fingerprint density at radius 1 is 1.35 bits per heavy atom. The fraction of sp³-hybridized carbons (Fsp3) is 0.857. The van der Waals surface area contributed by atoms with Gasteiger partial charge in [0.25, 0.3) is 0 Å². The number of carbonyl (C=O) groups is 1. The second-order valence-electron chi connectivity index (χ2n) is 5.69. The van der Waals surface area contributed by atoms with Crippen molar-refractivity contribution in [3.63, 3.8) is 0 Å². The lowest BCUT2D eigenvalue weighted by atomic mass is 10.2. The van der Waals surface area contributed by atoms with Crippen LogP contribution in [0.25, 0.3) is 0 Å². The van der Waals surface area contributed by atoms with Gasteiger partial charge in [0.05, 0.1) is 13.1 Å². The zero-order chi connectivity index (χ0) is 14.2. The smallest absolute Gasteiger partial charge is 0.239 e. The second-order valence-corrected chi connectivity index (χ2v) is 5.69. The minimum Gasteiger partial charge on any atom is -0.353 e. The zero-order valence-corrected chi connectivity index (χ0v) is 12.5. The molecule has 20 heavy (non-hydrogen) atoms. The van der Waals surface area contributed by atoms with Crippen LogP contribution in [-0.2, 0) is 4.79 Å². The average Bonchev–Trinajstić information content (AvgIpc) is 2.69. The molecular weight excluding hydrogens is 254 g/mol. The van der Waals surface area contributed by atoms with Gasteiger partial charge in [-0.25, -0.2) is 0 Å². The Morgan fingerprint density at radius 3 is 2.75 bits per heavy atom. The van der Waals surface area contributed by atoms with Crippen molar-refractivity contribution in [2.75, 3.05) is 39.3 Å². The second kappa shape index (κ2) is 8.09. The molecule has 2 aliphatic heterocycles. The highest BCUT2D eigenvalue weighted by Gasteiger charge is 2.13. The van der Waals surface area contributed by atoms with Crippen LogP contribution in [0, 0.1) is 0 Å². The summed E-state index contributed by atoms with van der Waals surface area (Å²) in [7, 11) is 0.